The van der Waals surface area contributed by atoms with Crippen molar-refractivity contribution < 1.29 is 41.1 Å². The van der Waals surface area contributed by atoms with Gasteiger partial charge in [0.1, 0.15) is 11.6 Å². The lowest BCUT2D eigenvalue weighted by Crippen LogP contribution is -2.42. The molecule has 4 aromatic rings. The molecule has 228 valence electrons. The second-order valence-corrected chi connectivity index (χ2v) is 9.95. The number of hydrogen-bond acceptors (Lipinski definition) is 5. The van der Waals surface area contributed by atoms with Gasteiger partial charge in [-0.15, -0.1) is 0 Å². The number of aliphatic carboxylic acids is 1. The topological polar surface area (TPSA) is 107 Å². The van der Waals surface area contributed by atoms with Crippen molar-refractivity contribution in [3.8, 4) is 11.1 Å². The predicted molar refractivity (Wildman–Crippen MR) is 147 cm³/mol. The zero-order valence-corrected chi connectivity index (χ0v) is 23.0. The van der Waals surface area contributed by atoms with Crippen LogP contribution in [0, 0.1) is 11.6 Å². The van der Waals surface area contributed by atoms with Gasteiger partial charge in [-0.1, -0.05) is 19.1 Å². The van der Waals surface area contributed by atoms with Crippen LogP contribution in [0.2, 0.25) is 0 Å². The molecule has 1 aliphatic heterocycles. The molecule has 0 spiro atoms. The molecule has 8 nitrogen and oxygen atoms in total. The van der Waals surface area contributed by atoms with Gasteiger partial charge in [-0.2, -0.15) is 13.2 Å². The summed E-state index contributed by atoms with van der Waals surface area (Å²) in [6, 6.07) is 15.7. The molecule has 5 rings (SSSR count). The second-order valence-electron chi connectivity index (χ2n) is 9.95. The van der Waals surface area contributed by atoms with Gasteiger partial charge in [0.05, 0.1) is 5.52 Å². The fourth-order valence-electron chi connectivity index (χ4n) is 4.97. The largest absolute Gasteiger partial charge is 0.490 e. The number of halogens is 5. The first kappa shape index (κ1) is 31.4. The first-order valence-corrected chi connectivity index (χ1v) is 13.4. The molecule has 0 unspecified atom stereocenters. The molecular formula is C30H28F5N3O5. The summed E-state index contributed by atoms with van der Waals surface area (Å²) in [5.41, 5.74) is 3.23. The number of oxazole rings is 1. The van der Waals surface area contributed by atoms with E-state index in [0.717, 1.165) is 37.1 Å². The van der Waals surface area contributed by atoms with Gasteiger partial charge in [-0.25, -0.2) is 18.4 Å². The first-order chi connectivity index (χ1) is 20.3. The van der Waals surface area contributed by atoms with Gasteiger partial charge in [0.2, 0.25) is 0 Å². The Hall–Kier alpha value is -4.52. The number of aromatic amines is 1. The van der Waals surface area contributed by atoms with Crippen LogP contribution in [0.1, 0.15) is 35.7 Å². The number of alkyl halides is 3. The normalized spacial score (nSPS) is 15.3. The fraction of sp³-hybridized carbons (Fsp3) is 0.300. The molecule has 0 radical (unpaired) electrons. The van der Waals surface area contributed by atoms with Crippen LogP contribution in [-0.2, 0) is 11.3 Å². The Balaban J connectivity index is 0.000000541. The molecular weight excluding hydrogens is 577 g/mol. The van der Waals surface area contributed by atoms with E-state index in [4.69, 9.17) is 14.3 Å². The van der Waals surface area contributed by atoms with Crippen molar-refractivity contribution >= 4 is 23.0 Å². The van der Waals surface area contributed by atoms with Crippen LogP contribution in [0.15, 0.2) is 69.9 Å². The van der Waals surface area contributed by atoms with Crippen LogP contribution in [0.25, 0.3) is 22.2 Å². The highest BCUT2D eigenvalue weighted by Crippen LogP contribution is 2.27. The summed E-state index contributed by atoms with van der Waals surface area (Å²) in [6.45, 7) is 4.48. The van der Waals surface area contributed by atoms with Crippen LogP contribution in [0.5, 0.6) is 0 Å². The molecule has 13 heteroatoms. The number of rotatable bonds is 7. The van der Waals surface area contributed by atoms with Crippen LogP contribution >= 0.6 is 0 Å². The molecule has 1 aliphatic rings. The van der Waals surface area contributed by atoms with Gasteiger partial charge in [-0.05, 0) is 85.6 Å². The minimum Gasteiger partial charge on any atom is -0.475 e. The fourth-order valence-corrected chi connectivity index (χ4v) is 4.97. The van der Waals surface area contributed by atoms with Crippen molar-refractivity contribution in [3.63, 3.8) is 0 Å². The van der Waals surface area contributed by atoms with E-state index in [1.165, 1.54) is 30.3 Å². The number of benzene rings is 3. The Morgan fingerprint density at radius 3 is 2.35 bits per heavy atom. The molecule has 43 heavy (non-hydrogen) atoms. The highest BCUT2D eigenvalue weighted by Gasteiger charge is 2.38. The summed E-state index contributed by atoms with van der Waals surface area (Å²) in [5.74, 6) is -4.39. The van der Waals surface area contributed by atoms with E-state index >= 15 is 4.39 Å². The molecule has 1 saturated heterocycles. The average Bonchev–Trinajstić information content (AvgIpc) is 3.58. The number of carbonyl (C=O) groups excluding carboxylic acids is 1. The van der Waals surface area contributed by atoms with Crippen molar-refractivity contribution in [2.24, 2.45) is 0 Å². The summed E-state index contributed by atoms with van der Waals surface area (Å²) >= 11 is 0. The van der Waals surface area contributed by atoms with Crippen molar-refractivity contribution in [1.82, 2.24) is 14.8 Å². The first-order valence-electron chi connectivity index (χ1n) is 13.4. The molecule has 1 amide bonds. The van der Waals surface area contributed by atoms with E-state index in [0.29, 0.717) is 28.8 Å². The van der Waals surface area contributed by atoms with Gasteiger partial charge >= 0.3 is 17.9 Å². The second kappa shape index (κ2) is 13.2. The lowest BCUT2D eigenvalue weighted by atomic mass is 10.0. The number of likely N-dealkylation sites (N-methyl/N-ethyl adjacent to an activating group) is 1. The number of H-pyrrole nitrogens is 1. The number of nitrogens with zero attached hydrogens (tertiary/aromatic N) is 2. The maximum absolute atomic E-state index is 15.0. The third-order valence-corrected chi connectivity index (χ3v) is 7.12. The monoisotopic (exact) mass is 605 g/mol. The quantitative estimate of drug-likeness (QED) is 0.257. The lowest BCUT2D eigenvalue weighted by molar-refractivity contribution is -0.192. The molecule has 0 bridgehead atoms. The number of hydrogen-bond donors (Lipinski definition) is 2. The lowest BCUT2D eigenvalue weighted by Gasteiger charge is -2.31. The maximum Gasteiger partial charge on any atom is 0.490 e. The summed E-state index contributed by atoms with van der Waals surface area (Å²) in [7, 11) is 0. The number of carbonyl (C=O) groups is 2. The average molecular weight is 606 g/mol. The van der Waals surface area contributed by atoms with Gasteiger partial charge < -0.3 is 14.4 Å². The van der Waals surface area contributed by atoms with Crippen molar-refractivity contribution in [2.45, 2.75) is 38.5 Å². The molecule has 2 N–H and O–H groups in total. The highest BCUT2D eigenvalue weighted by molar-refractivity contribution is 5.94. The smallest absolute Gasteiger partial charge is 0.475 e. The number of carboxylic acid groups (broad SMARTS) is 1. The zero-order chi connectivity index (χ0) is 31.3. The van der Waals surface area contributed by atoms with E-state index < -0.39 is 29.5 Å². The Bertz CT molecular complexity index is 1650. The number of aromatic nitrogens is 1. The Labute approximate surface area is 242 Å². The Morgan fingerprint density at radius 2 is 1.70 bits per heavy atom. The standard InChI is InChI=1S/C28H27F2N3O3.C2HF3O2/c1-2-32-13-3-4-23(32)17-33(27(34)18-5-9-22(29)10-6-18)16-21-14-19(7-11-24(21)30)20-8-12-25-26(15-20)36-28(35)31-25;3-2(4,5)1(6)7/h5-12,14-15,23H,2-4,13,16-17H2,1H3,(H,31,35);(H,6,7)/t23-;/m1./s1. The van der Waals surface area contributed by atoms with Crippen LogP contribution in [0.4, 0.5) is 22.0 Å². The summed E-state index contributed by atoms with van der Waals surface area (Å²) in [4.78, 5) is 40.5. The van der Waals surface area contributed by atoms with Gasteiger partial charge in [0.25, 0.3) is 5.91 Å². The molecule has 3 aromatic carbocycles. The maximum atomic E-state index is 15.0. The van der Waals surface area contributed by atoms with Crippen LogP contribution in [0.3, 0.4) is 0 Å². The van der Waals surface area contributed by atoms with E-state index in [2.05, 4.69) is 16.8 Å². The molecule has 0 aliphatic carbocycles. The predicted octanol–water partition coefficient (Wildman–Crippen LogP) is 5.83. The molecule has 1 aromatic heterocycles. The Morgan fingerprint density at radius 1 is 1.05 bits per heavy atom. The van der Waals surface area contributed by atoms with E-state index in [1.54, 1.807) is 29.2 Å². The van der Waals surface area contributed by atoms with Crippen LogP contribution < -0.4 is 5.76 Å². The summed E-state index contributed by atoms with van der Waals surface area (Å²) < 4.78 is 65.4. The molecule has 0 saturated carbocycles. The zero-order valence-electron chi connectivity index (χ0n) is 23.0. The van der Waals surface area contributed by atoms with Crippen molar-refractivity contribution in [3.05, 3.63) is 94.0 Å². The number of amides is 1. The van der Waals surface area contributed by atoms with E-state index in [1.807, 2.05) is 6.07 Å². The third-order valence-electron chi connectivity index (χ3n) is 7.12. The number of nitrogens with one attached hydrogen (secondary N) is 1. The minimum absolute atomic E-state index is 0.0748. The van der Waals surface area contributed by atoms with Crippen LogP contribution in [-0.4, -0.2) is 63.6 Å². The molecule has 1 fully saturated rings. The minimum atomic E-state index is -5.08. The number of fused-ring (bicyclic) bond motifs is 1. The summed E-state index contributed by atoms with van der Waals surface area (Å²) in [6.07, 6.45) is -3.07. The highest BCUT2D eigenvalue weighted by atomic mass is 19.4. The van der Waals surface area contributed by atoms with Gasteiger partial charge in [0.15, 0.2) is 5.58 Å². The Kier molecular flexibility index (Phi) is 9.64. The van der Waals surface area contributed by atoms with E-state index in [-0.39, 0.29) is 18.5 Å². The molecule has 2 heterocycles. The van der Waals surface area contributed by atoms with Crippen molar-refractivity contribution in [1.29, 1.82) is 0 Å². The molecule has 1 atom stereocenters. The van der Waals surface area contributed by atoms with Gasteiger partial charge in [0, 0.05) is 30.3 Å². The third kappa shape index (κ3) is 7.86. The SMILES string of the molecule is CCN1CCC[C@@H]1CN(Cc1cc(-c2ccc3[nH]c(=O)oc3c2)ccc1F)C(=O)c1ccc(F)cc1.O=C(O)C(F)(F)F. The van der Waals surface area contributed by atoms with E-state index in [9.17, 15) is 27.2 Å². The number of likely N-dealkylation sites (tertiary alicyclic amines) is 1. The van der Waals surface area contributed by atoms with Crippen molar-refractivity contribution in [2.75, 3.05) is 19.6 Å². The van der Waals surface area contributed by atoms with Gasteiger partial charge in [-0.3, -0.25) is 14.7 Å². The summed E-state index contributed by atoms with van der Waals surface area (Å²) in [5, 5.41) is 7.12. The number of carboxylic acids is 1.